The van der Waals surface area contributed by atoms with Gasteiger partial charge in [0.1, 0.15) is 0 Å². The number of methoxy groups -OCH3 is 1. The molecule has 0 unspecified atom stereocenters. The molecule has 0 aliphatic heterocycles. The largest absolute Gasteiger partial charge is 0.493 e. The van der Waals surface area contributed by atoms with Gasteiger partial charge in [0.25, 0.3) is 11.8 Å². The smallest absolute Gasteiger partial charge is 0.270 e. The highest BCUT2D eigenvalue weighted by Gasteiger charge is 2.15. The molecule has 0 aliphatic rings. The van der Waals surface area contributed by atoms with Gasteiger partial charge in [0.15, 0.2) is 11.5 Å². The molecular formula is C23H25N3O5. The molecule has 3 rings (SSSR count). The van der Waals surface area contributed by atoms with Crippen LogP contribution in [0.3, 0.4) is 0 Å². The molecule has 1 aromatic heterocycles. The number of para-hydroxylation sites is 1. The highest BCUT2D eigenvalue weighted by molar-refractivity contribution is 6.07. The molecule has 0 bridgehead atoms. The zero-order chi connectivity index (χ0) is 22.4. The molecule has 3 aromatic rings. The van der Waals surface area contributed by atoms with Crippen LogP contribution in [0.2, 0.25) is 0 Å². The number of amides is 2. The number of benzene rings is 2. The van der Waals surface area contributed by atoms with Crippen molar-refractivity contribution in [1.82, 2.24) is 15.8 Å². The summed E-state index contributed by atoms with van der Waals surface area (Å²) in [5, 5.41) is 0.568. The monoisotopic (exact) mass is 423 g/mol. The molecule has 0 saturated heterocycles. The van der Waals surface area contributed by atoms with E-state index in [1.807, 2.05) is 0 Å². The predicted molar refractivity (Wildman–Crippen MR) is 117 cm³/mol. The third-order valence-electron chi connectivity index (χ3n) is 4.66. The summed E-state index contributed by atoms with van der Waals surface area (Å²) in [6, 6.07) is 12.9. The number of carbonyl (C=O) groups is 2. The normalized spacial score (nSPS) is 10.7. The van der Waals surface area contributed by atoms with Crippen molar-refractivity contribution in [3.8, 4) is 11.5 Å². The van der Waals surface area contributed by atoms with Crippen molar-refractivity contribution < 1.29 is 19.1 Å². The number of hydrogen-bond acceptors (Lipinski definition) is 5. The van der Waals surface area contributed by atoms with Crippen LogP contribution in [0, 0.1) is 5.92 Å². The number of hydrazine groups is 1. The van der Waals surface area contributed by atoms with Crippen LogP contribution in [0.4, 0.5) is 0 Å². The van der Waals surface area contributed by atoms with Crippen molar-refractivity contribution in [2.75, 3.05) is 13.7 Å². The fourth-order valence-electron chi connectivity index (χ4n) is 2.98. The zero-order valence-electron chi connectivity index (χ0n) is 17.7. The third kappa shape index (κ3) is 5.42. The summed E-state index contributed by atoms with van der Waals surface area (Å²) in [4.78, 5) is 39.6. The molecule has 0 fully saturated rings. The summed E-state index contributed by atoms with van der Waals surface area (Å²) in [5.74, 6) is 0.338. The zero-order valence-corrected chi connectivity index (χ0v) is 17.7. The lowest BCUT2D eigenvalue weighted by Gasteiger charge is -2.13. The Morgan fingerprint density at radius 2 is 1.74 bits per heavy atom. The molecule has 1 heterocycles. The van der Waals surface area contributed by atoms with E-state index in [2.05, 4.69) is 29.7 Å². The second-order valence-electron chi connectivity index (χ2n) is 7.40. The highest BCUT2D eigenvalue weighted by Crippen LogP contribution is 2.28. The standard InChI is InChI=1S/C23H25N3O5/c1-14(2)10-11-31-19-9-8-15(12-20(19)30-3)22(28)25-26-23(29)17-13-21(27)24-18-7-5-4-6-16(17)18/h4-9,12-14H,10-11H2,1-3H3,(H,24,27)(H,25,28)(H,26,29). The van der Waals surface area contributed by atoms with Gasteiger partial charge in [0, 0.05) is 22.5 Å². The minimum Gasteiger partial charge on any atom is -0.493 e. The Morgan fingerprint density at radius 3 is 2.48 bits per heavy atom. The molecule has 3 N–H and O–H groups in total. The van der Waals surface area contributed by atoms with Crippen molar-refractivity contribution in [2.45, 2.75) is 20.3 Å². The molecule has 0 spiro atoms. The van der Waals surface area contributed by atoms with Gasteiger partial charge in [-0.25, -0.2) is 0 Å². The molecule has 8 nitrogen and oxygen atoms in total. The highest BCUT2D eigenvalue weighted by atomic mass is 16.5. The minimum absolute atomic E-state index is 0.158. The number of hydrogen-bond donors (Lipinski definition) is 3. The average molecular weight is 423 g/mol. The lowest BCUT2D eigenvalue weighted by Crippen LogP contribution is -2.42. The van der Waals surface area contributed by atoms with Crippen LogP contribution in [-0.2, 0) is 0 Å². The summed E-state index contributed by atoms with van der Waals surface area (Å²) in [7, 11) is 1.49. The summed E-state index contributed by atoms with van der Waals surface area (Å²) in [6.07, 6.45) is 0.897. The van der Waals surface area contributed by atoms with Crippen LogP contribution in [-0.4, -0.2) is 30.5 Å². The molecule has 31 heavy (non-hydrogen) atoms. The SMILES string of the molecule is COc1cc(C(=O)NNC(=O)c2cc(=O)[nH]c3ccccc23)ccc1OCCC(C)C. The number of aromatic amines is 1. The number of rotatable bonds is 7. The van der Waals surface area contributed by atoms with Gasteiger partial charge in [-0.15, -0.1) is 0 Å². The summed E-state index contributed by atoms with van der Waals surface area (Å²) in [6.45, 7) is 4.76. The van der Waals surface area contributed by atoms with Gasteiger partial charge in [-0.3, -0.25) is 25.2 Å². The first-order valence-corrected chi connectivity index (χ1v) is 9.92. The Labute approximate surface area is 179 Å². The Hall–Kier alpha value is -3.81. The first-order valence-electron chi connectivity index (χ1n) is 9.92. The topological polar surface area (TPSA) is 110 Å². The van der Waals surface area contributed by atoms with Gasteiger partial charge in [0.2, 0.25) is 5.56 Å². The quantitative estimate of drug-likeness (QED) is 0.506. The number of ether oxygens (including phenoxy) is 2. The maximum absolute atomic E-state index is 12.6. The van der Waals surface area contributed by atoms with E-state index in [4.69, 9.17) is 9.47 Å². The van der Waals surface area contributed by atoms with E-state index in [9.17, 15) is 14.4 Å². The van der Waals surface area contributed by atoms with E-state index in [1.54, 1.807) is 36.4 Å². The Balaban J connectivity index is 1.69. The molecule has 162 valence electrons. The first-order chi connectivity index (χ1) is 14.9. The maximum atomic E-state index is 12.6. The van der Waals surface area contributed by atoms with Crippen LogP contribution >= 0.6 is 0 Å². The molecule has 0 saturated carbocycles. The van der Waals surface area contributed by atoms with Crippen molar-refractivity contribution in [2.24, 2.45) is 5.92 Å². The van der Waals surface area contributed by atoms with Crippen LogP contribution in [0.1, 0.15) is 41.0 Å². The van der Waals surface area contributed by atoms with Gasteiger partial charge in [-0.1, -0.05) is 32.0 Å². The van der Waals surface area contributed by atoms with Crippen LogP contribution in [0.15, 0.2) is 53.3 Å². The summed E-state index contributed by atoms with van der Waals surface area (Å²) < 4.78 is 11.0. The van der Waals surface area contributed by atoms with E-state index in [1.165, 1.54) is 19.2 Å². The number of H-pyrrole nitrogens is 1. The molecule has 2 aromatic carbocycles. The van der Waals surface area contributed by atoms with E-state index in [0.29, 0.717) is 34.9 Å². The number of pyridine rings is 1. The van der Waals surface area contributed by atoms with E-state index in [-0.39, 0.29) is 11.1 Å². The van der Waals surface area contributed by atoms with Gasteiger partial charge in [0.05, 0.1) is 19.3 Å². The molecule has 0 aliphatic carbocycles. The molecular weight excluding hydrogens is 398 g/mol. The Morgan fingerprint density at radius 1 is 1.00 bits per heavy atom. The summed E-state index contributed by atoms with van der Waals surface area (Å²) >= 11 is 0. The second-order valence-corrected chi connectivity index (χ2v) is 7.40. The summed E-state index contributed by atoms with van der Waals surface area (Å²) in [5.41, 5.74) is 5.28. The molecule has 8 heteroatoms. The number of nitrogens with one attached hydrogen (secondary N) is 3. The number of aromatic nitrogens is 1. The van der Waals surface area contributed by atoms with Gasteiger partial charge < -0.3 is 14.5 Å². The fraction of sp³-hybridized carbons (Fsp3) is 0.261. The average Bonchev–Trinajstić information content (AvgIpc) is 2.76. The van der Waals surface area contributed by atoms with E-state index >= 15 is 0 Å². The van der Waals surface area contributed by atoms with Gasteiger partial charge >= 0.3 is 0 Å². The molecule has 0 atom stereocenters. The Bertz CT molecular complexity index is 1150. The van der Waals surface area contributed by atoms with Crippen molar-refractivity contribution in [3.63, 3.8) is 0 Å². The predicted octanol–water partition coefficient (Wildman–Crippen LogP) is 3.04. The molecule has 2 amide bonds. The second kappa shape index (κ2) is 9.80. The van der Waals surface area contributed by atoms with Crippen LogP contribution in [0.25, 0.3) is 10.9 Å². The number of carbonyl (C=O) groups excluding carboxylic acids is 2. The first kappa shape index (κ1) is 21.9. The van der Waals surface area contributed by atoms with Crippen molar-refractivity contribution in [3.05, 3.63) is 70.0 Å². The third-order valence-corrected chi connectivity index (χ3v) is 4.66. The maximum Gasteiger partial charge on any atom is 0.270 e. The lowest BCUT2D eigenvalue weighted by atomic mass is 10.1. The fourth-order valence-corrected chi connectivity index (χ4v) is 2.98. The van der Waals surface area contributed by atoms with E-state index < -0.39 is 17.4 Å². The van der Waals surface area contributed by atoms with Crippen LogP contribution < -0.4 is 25.9 Å². The van der Waals surface area contributed by atoms with Crippen molar-refractivity contribution in [1.29, 1.82) is 0 Å². The van der Waals surface area contributed by atoms with Crippen molar-refractivity contribution >= 4 is 22.7 Å². The van der Waals surface area contributed by atoms with Crippen LogP contribution in [0.5, 0.6) is 11.5 Å². The molecule has 0 radical (unpaired) electrons. The Kier molecular flexibility index (Phi) is 6.92. The van der Waals surface area contributed by atoms with Gasteiger partial charge in [-0.2, -0.15) is 0 Å². The number of fused-ring (bicyclic) bond motifs is 1. The minimum atomic E-state index is -0.601. The lowest BCUT2D eigenvalue weighted by molar-refractivity contribution is 0.0847. The van der Waals surface area contributed by atoms with E-state index in [0.717, 1.165) is 6.42 Å². The van der Waals surface area contributed by atoms with Gasteiger partial charge in [-0.05, 0) is 36.6 Å².